The summed E-state index contributed by atoms with van der Waals surface area (Å²) in [5.41, 5.74) is 0.751. The molecule has 1 amide bonds. The van der Waals surface area contributed by atoms with Gasteiger partial charge >= 0.3 is 0 Å². The lowest BCUT2D eigenvalue weighted by Gasteiger charge is -2.12. The molecule has 0 bridgehead atoms. The van der Waals surface area contributed by atoms with Crippen molar-refractivity contribution in [2.45, 2.75) is 19.4 Å². The number of nitrogens with zero attached hydrogens (tertiary/aromatic N) is 1. The number of pyridine rings is 2. The molecule has 4 N–H and O–H groups in total. The first-order chi connectivity index (χ1) is 12.9. The number of benzene rings is 1. The van der Waals surface area contributed by atoms with Crippen LogP contribution in [0.4, 0.5) is 4.39 Å². The van der Waals surface area contributed by atoms with Crippen molar-refractivity contribution in [3.8, 4) is 5.75 Å². The second-order valence-electron chi connectivity index (χ2n) is 6.28. The smallest absolute Gasteiger partial charge is 0.265 e. The first-order valence-electron chi connectivity index (χ1n) is 8.29. The normalized spacial score (nSPS) is 12.1. The molecule has 3 rings (SSSR count). The van der Waals surface area contributed by atoms with Crippen LogP contribution in [-0.2, 0) is 6.42 Å². The number of halogens is 1. The van der Waals surface area contributed by atoms with Gasteiger partial charge in [0.25, 0.3) is 11.5 Å². The monoisotopic (exact) mass is 371 g/mol. The van der Waals surface area contributed by atoms with Gasteiger partial charge in [-0.05, 0) is 42.7 Å². The molecule has 0 radical (unpaired) electrons. The molecule has 0 aliphatic carbocycles. The quantitative estimate of drug-likeness (QED) is 0.542. The van der Waals surface area contributed by atoms with Gasteiger partial charge in [-0.2, -0.15) is 0 Å². The van der Waals surface area contributed by atoms with Gasteiger partial charge in [0.1, 0.15) is 16.9 Å². The molecule has 0 fully saturated rings. The Labute approximate surface area is 153 Å². The topological polar surface area (TPSA) is 115 Å². The van der Waals surface area contributed by atoms with Crippen LogP contribution < -0.4 is 10.9 Å². The summed E-state index contributed by atoms with van der Waals surface area (Å²) < 4.78 is 13.0. The van der Waals surface area contributed by atoms with Crippen molar-refractivity contribution in [1.82, 2.24) is 15.3 Å². The maximum atomic E-state index is 13.0. The molecular weight excluding hydrogens is 353 g/mol. The Morgan fingerprint density at radius 2 is 2.00 bits per heavy atom. The maximum Gasteiger partial charge on any atom is 0.265 e. The van der Waals surface area contributed by atoms with Crippen LogP contribution in [0.5, 0.6) is 5.75 Å². The van der Waals surface area contributed by atoms with E-state index in [1.54, 1.807) is 25.1 Å². The summed E-state index contributed by atoms with van der Waals surface area (Å²) >= 11 is 0. The third kappa shape index (κ3) is 3.95. The summed E-state index contributed by atoms with van der Waals surface area (Å²) in [7, 11) is 0. The highest BCUT2D eigenvalue weighted by atomic mass is 19.1. The van der Waals surface area contributed by atoms with E-state index in [0.717, 1.165) is 11.1 Å². The van der Waals surface area contributed by atoms with Crippen LogP contribution in [0.1, 0.15) is 28.4 Å². The lowest BCUT2D eigenvalue weighted by molar-refractivity contribution is 0.0918. The number of aromatic nitrogens is 2. The van der Waals surface area contributed by atoms with Crippen LogP contribution >= 0.6 is 0 Å². The molecule has 2 aromatic heterocycles. The molecule has 1 aromatic carbocycles. The number of carbonyl (C=O) groups is 1. The van der Waals surface area contributed by atoms with Crippen LogP contribution in [0.15, 0.2) is 41.3 Å². The molecule has 8 heteroatoms. The predicted octanol–water partition coefficient (Wildman–Crippen LogP) is 1.47. The Morgan fingerprint density at radius 3 is 2.67 bits per heavy atom. The molecule has 140 valence electrons. The van der Waals surface area contributed by atoms with Crippen molar-refractivity contribution in [3.63, 3.8) is 0 Å². The van der Waals surface area contributed by atoms with Crippen LogP contribution in [-0.4, -0.2) is 38.7 Å². The summed E-state index contributed by atoms with van der Waals surface area (Å²) in [4.78, 5) is 31.1. The summed E-state index contributed by atoms with van der Waals surface area (Å²) in [6.45, 7) is 1.26. The van der Waals surface area contributed by atoms with Crippen LogP contribution in [0.2, 0.25) is 0 Å². The fourth-order valence-electron chi connectivity index (χ4n) is 2.69. The number of aliphatic hydroxyl groups excluding tert-OH is 1. The predicted molar refractivity (Wildman–Crippen MR) is 97.2 cm³/mol. The molecular formula is C19H18FN3O4. The molecule has 1 atom stereocenters. The minimum atomic E-state index is -0.797. The van der Waals surface area contributed by atoms with Crippen molar-refractivity contribution >= 4 is 16.9 Å². The Bertz CT molecular complexity index is 1050. The van der Waals surface area contributed by atoms with Crippen LogP contribution in [0, 0.1) is 5.82 Å². The lowest BCUT2D eigenvalue weighted by atomic mass is 10.1. The summed E-state index contributed by atoms with van der Waals surface area (Å²) in [6, 6.07) is 7.08. The molecule has 0 aliphatic heterocycles. The highest BCUT2D eigenvalue weighted by Gasteiger charge is 2.21. The van der Waals surface area contributed by atoms with Gasteiger partial charge in [0, 0.05) is 12.2 Å². The molecule has 0 saturated carbocycles. The van der Waals surface area contributed by atoms with E-state index < -0.39 is 28.8 Å². The van der Waals surface area contributed by atoms with Gasteiger partial charge < -0.3 is 20.5 Å². The average molecular weight is 371 g/mol. The first-order valence-corrected chi connectivity index (χ1v) is 8.29. The molecule has 0 aliphatic rings. The number of H-pyrrole nitrogens is 1. The fourth-order valence-corrected chi connectivity index (χ4v) is 2.69. The number of hydrogen-bond acceptors (Lipinski definition) is 5. The lowest BCUT2D eigenvalue weighted by Crippen LogP contribution is -2.37. The SMILES string of the molecule is CC(CO)NC(=O)c1c(O)c2ncc(Cc3ccc(F)cc3)cc2[nH]c1=O. The van der Waals surface area contributed by atoms with Gasteiger partial charge in [0.05, 0.1) is 12.1 Å². The highest BCUT2D eigenvalue weighted by Crippen LogP contribution is 2.24. The first kappa shape index (κ1) is 18.5. The van der Waals surface area contributed by atoms with E-state index >= 15 is 0 Å². The van der Waals surface area contributed by atoms with Crippen molar-refractivity contribution in [2.75, 3.05) is 6.61 Å². The summed E-state index contributed by atoms with van der Waals surface area (Å²) in [5.74, 6) is -1.65. The Balaban J connectivity index is 1.96. The molecule has 27 heavy (non-hydrogen) atoms. The van der Waals surface area contributed by atoms with E-state index in [0.29, 0.717) is 6.42 Å². The van der Waals surface area contributed by atoms with Crippen molar-refractivity contribution in [1.29, 1.82) is 0 Å². The van der Waals surface area contributed by atoms with Gasteiger partial charge in [-0.25, -0.2) is 4.39 Å². The summed E-state index contributed by atoms with van der Waals surface area (Å²) in [5, 5.41) is 21.8. The Hall–Kier alpha value is -3.26. The second-order valence-corrected chi connectivity index (χ2v) is 6.28. The van der Waals surface area contributed by atoms with Crippen molar-refractivity contribution in [2.24, 2.45) is 0 Å². The maximum absolute atomic E-state index is 13.0. The third-order valence-corrected chi connectivity index (χ3v) is 4.08. The van der Waals surface area contributed by atoms with E-state index in [4.69, 9.17) is 5.11 Å². The zero-order valence-electron chi connectivity index (χ0n) is 14.5. The molecule has 7 nitrogen and oxygen atoms in total. The number of fused-ring (bicyclic) bond motifs is 1. The molecule has 3 aromatic rings. The fraction of sp³-hybridized carbons (Fsp3) is 0.211. The van der Waals surface area contributed by atoms with Gasteiger partial charge in [0.2, 0.25) is 0 Å². The number of aromatic hydroxyl groups is 1. The zero-order chi connectivity index (χ0) is 19.6. The minimum Gasteiger partial charge on any atom is -0.505 e. The summed E-state index contributed by atoms with van der Waals surface area (Å²) in [6.07, 6.45) is 1.98. The van der Waals surface area contributed by atoms with E-state index in [1.807, 2.05) is 0 Å². The van der Waals surface area contributed by atoms with Crippen molar-refractivity contribution < 1.29 is 19.4 Å². The number of nitrogens with one attached hydrogen (secondary N) is 2. The number of carbonyl (C=O) groups excluding carboxylic acids is 1. The Morgan fingerprint density at radius 1 is 1.30 bits per heavy atom. The number of aromatic amines is 1. The van der Waals surface area contributed by atoms with Gasteiger partial charge in [-0.3, -0.25) is 14.6 Å². The largest absolute Gasteiger partial charge is 0.505 e. The Kier molecular flexibility index (Phi) is 5.18. The van der Waals surface area contributed by atoms with Crippen LogP contribution in [0.25, 0.3) is 11.0 Å². The van der Waals surface area contributed by atoms with E-state index in [-0.39, 0.29) is 23.5 Å². The third-order valence-electron chi connectivity index (χ3n) is 4.08. The van der Waals surface area contributed by atoms with Crippen molar-refractivity contribution in [3.05, 3.63) is 69.4 Å². The number of aliphatic hydroxyl groups is 1. The standard InChI is InChI=1S/C19H18FN3O4/c1-10(9-24)22-18(26)15-17(25)16-14(23-19(15)27)7-12(8-21-16)6-11-2-4-13(20)5-3-11/h2-5,7-8,10,24H,6,9H2,1H3,(H,22,26)(H2,23,25,27). The van der Waals surface area contributed by atoms with E-state index in [9.17, 15) is 19.1 Å². The zero-order valence-corrected chi connectivity index (χ0v) is 14.5. The van der Waals surface area contributed by atoms with Crippen LogP contribution in [0.3, 0.4) is 0 Å². The number of hydrogen-bond donors (Lipinski definition) is 4. The minimum absolute atomic E-state index is 0.0826. The molecule has 0 spiro atoms. The number of amides is 1. The molecule has 1 unspecified atom stereocenters. The number of rotatable bonds is 5. The van der Waals surface area contributed by atoms with Gasteiger partial charge in [-0.1, -0.05) is 12.1 Å². The van der Waals surface area contributed by atoms with E-state index in [2.05, 4.69) is 15.3 Å². The molecule has 0 saturated heterocycles. The highest BCUT2D eigenvalue weighted by molar-refractivity contribution is 6.01. The van der Waals surface area contributed by atoms with E-state index in [1.165, 1.54) is 18.3 Å². The van der Waals surface area contributed by atoms with Gasteiger partial charge in [-0.15, -0.1) is 0 Å². The van der Waals surface area contributed by atoms with Gasteiger partial charge in [0.15, 0.2) is 5.75 Å². The molecule has 2 heterocycles. The average Bonchev–Trinajstić information content (AvgIpc) is 2.63. The second kappa shape index (κ2) is 7.55.